The number of ether oxygens (including phenoxy) is 1. The number of rotatable bonds is 8. The van der Waals surface area contributed by atoms with Gasteiger partial charge >= 0.3 is 0 Å². The molecule has 6 nitrogen and oxygen atoms in total. The van der Waals surface area contributed by atoms with Gasteiger partial charge in [0.2, 0.25) is 11.8 Å². The lowest BCUT2D eigenvalue weighted by atomic mass is 9.67. The summed E-state index contributed by atoms with van der Waals surface area (Å²) in [6, 6.07) is 21.5. The van der Waals surface area contributed by atoms with Crippen molar-refractivity contribution in [1.29, 1.82) is 0 Å². The quantitative estimate of drug-likeness (QED) is 0.205. The lowest BCUT2D eigenvalue weighted by Crippen LogP contribution is -2.35. The number of imide groups is 1. The Hall–Kier alpha value is -4.16. The zero-order valence-electron chi connectivity index (χ0n) is 26.3. The third-order valence-electron chi connectivity index (χ3n) is 9.56. The van der Waals surface area contributed by atoms with E-state index in [2.05, 4.69) is 32.2 Å². The highest BCUT2D eigenvalue weighted by atomic mass is 16.5. The maximum absolute atomic E-state index is 14.0. The molecule has 0 radical (unpaired) electrons. The second kappa shape index (κ2) is 12.1. The van der Waals surface area contributed by atoms with Crippen molar-refractivity contribution in [2.45, 2.75) is 60.0 Å². The molecule has 3 aromatic rings. The average Bonchev–Trinajstić information content (AvgIpc) is 3.53. The van der Waals surface area contributed by atoms with E-state index in [1.807, 2.05) is 80.6 Å². The topological polar surface area (TPSA) is 78.9 Å². The first kappa shape index (κ1) is 29.9. The summed E-state index contributed by atoms with van der Waals surface area (Å²) in [5.74, 6) is -0.368. The van der Waals surface area contributed by atoms with Gasteiger partial charge in [-0.1, -0.05) is 49.3 Å². The Balaban J connectivity index is 1.19. The molecule has 44 heavy (non-hydrogen) atoms. The maximum atomic E-state index is 14.0. The van der Waals surface area contributed by atoms with Gasteiger partial charge in [0.1, 0.15) is 5.75 Å². The van der Waals surface area contributed by atoms with Crippen molar-refractivity contribution in [2.24, 2.45) is 23.7 Å². The second-order valence-electron chi connectivity index (χ2n) is 13.0. The highest BCUT2D eigenvalue weighted by Gasteiger charge is 2.57. The molecule has 2 N–H and O–H groups in total. The molecule has 2 saturated heterocycles. The van der Waals surface area contributed by atoms with Crippen LogP contribution in [0.15, 0.2) is 83.4 Å². The molecule has 3 aromatic carbocycles. The minimum absolute atomic E-state index is 0.0507. The number of anilines is 3. The van der Waals surface area contributed by atoms with Gasteiger partial charge < -0.3 is 15.2 Å². The molecule has 6 rings (SSSR count). The first-order chi connectivity index (χ1) is 21.1. The van der Waals surface area contributed by atoms with Crippen LogP contribution in [-0.4, -0.2) is 29.6 Å². The van der Waals surface area contributed by atoms with E-state index in [1.165, 1.54) is 21.6 Å². The number of phenolic OH excluding ortho intramolecular Hbond substituents is 1. The summed E-state index contributed by atoms with van der Waals surface area (Å²) in [7, 11) is 0. The van der Waals surface area contributed by atoms with Crippen LogP contribution in [0, 0.1) is 37.5 Å². The lowest BCUT2D eigenvalue weighted by molar-refractivity contribution is -0.122. The van der Waals surface area contributed by atoms with Gasteiger partial charge in [-0.15, -0.1) is 0 Å². The molecule has 6 heteroatoms. The van der Waals surface area contributed by atoms with Crippen LogP contribution in [0.5, 0.6) is 5.75 Å². The van der Waals surface area contributed by atoms with Crippen LogP contribution in [0.3, 0.4) is 0 Å². The number of carbonyl (C=O) groups excluding carboxylic acids is 2. The van der Waals surface area contributed by atoms with Crippen LogP contribution in [0.2, 0.25) is 0 Å². The third-order valence-corrected chi connectivity index (χ3v) is 9.56. The second-order valence-corrected chi connectivity index (χ2v) is 13.0. The van der Waals surface area contributed by atoms with E-state index in [0.717, 1.165) is 40.9 Å². The summed E-state index contributed by atoms with van der Waals surface area (Å²) < 4.78 is 6.43. The maximum Gasteiger partial charge on any atom is 0.238 e. The Morgan fingerprint density at radius 3 is 2.30 bits per heavy atom. The standard InChI is InChI=1S/C38H42N2O4/c1-22(2)30-20-31-35(38(43)40(37(31)42)29-14-12-28(13-15-29)39-27-9-7-6-8-10-27)32-21-44-33(34(30)32)16-11-23(3)17-26-18-24(4)36(41)25(5)19-26/h6-10,12-15,17-19,22,31-33,35,39,41H,11,16,20-21H2,1-5H3/b23-17+/t31-,32+,33-,35-/m1/s1. The number of benzene rings is 3. The van der Waals surface area contributed by atoms with Crippen LogP contribution < -0.4 is 10.2 Å². The number of aromatic hydroxyl groups is 1. The monoisotopic (exact) mass is 590 g/mol. The summed E-state index contributed by atoms with van der Waals surface area (Å²) in [5.41, 5.74) is 9.12. The first-order valence-electron chi connectivity index (χ1n) is 15.7. The average molecular weight is 591 g/mol. The van der Waals surface area contributed by atoms with Crippen LogP contribution in [0.25, 0.3) is 6.08 Å². The molecule has 0 unspecified atom stereocenters. The van der Waals surface area contributed by atoms with Crippen LogP contribution >= 0.6 is 0 Å². The van der Waals surface area contributed by atoms with Crippen molar-refractivity contribution < 1.29 is 19.4 Å². The Morgan fingerprint density at radius 1 is 0.977 bits per heavy atom. The minimum Gasteiger partial charge on any atom is -0.507 e. The number of allylic oxidation sites excluding steroid dienone is 2. The largest absolute Gasteiger partial charge is 0.507 e. The fourth-order valence-corrected chi connectivity index (χ4v) is 7.38. The van der Waals surface area contributed by atoms with Crippen LogP contribution in [0.4, 0.5) is 17.1 Å². The molecular weight excluding hydrogens is 548 g/mol. The van der Waals surface area contributed by atoms with Crippen molar-refractivity contribution >= 4 is 35.0 Å². The predicted octanol–water partition coefficient (Wildman–Crippen LogP) is 8.11. The van der Waals surface area contributed by atoms with Gasteiger partial charge in [0, 0.05) is 17.3 Å². The highest BCUT2D eigenvalue weighted by molar-refractivity contribution is 6.22. The molecule has 3 aliphatic rings. The van der Waals surface area contributed by atoms with Gasteiger partial charge in [-0.3, -0.25) is 14.5 Å². The molecular formula is C38H42N2O4. The Bertz CT molecular complexity index is 1610. The molecule has 2 aliphatic heterocycles. The number of phenols is 1. The molecule has 2 heterocycles. The predicted molar refractivity (Wildman–Crippen MR) is 176 cm³/mol. The normalized spacial score (nSPS) is 23.4. The highest BCUT2D eigenvalue weighted by Crippen LogP contribution is 2.52. The van der Waals surface area contributed by atoms with Gasteiger partial charge in [-0.25, -0.2) is 0 Å². The number of carbonyl (C=O) groups is 2. The van der Waals surface area contributed by atoms with Gasteiger partial charge in [0.05, 0.1) is 30.2 Å². The van der Waals surface area contributed by atoms with E-state index in [0.29, 0.717) is 24.5 Å². The molecule has 4 atom stereocenters. The number of aryl methyl sites for hydroxylation is 2. The van der Waals surface area contributed by atoms with E-state index in [4.69, 9.17) is 4.74 Å². The SMILES string of the molecule is C/C(=C\c1cc(C)c(O)c(C)c1)CC[C@H]1OC[C@H]2C1=C(C(C)C)C[C@H]1C(=O)N(c3ccc(Nc4ccccc4)cc3)C(=O)[C@H]12. The Kier molecular flexibility index (Phi) is 8.21. The molecule has 0 saturated carbocycles. The minimum atomic E-state index is -0.383. The summed E-state index contributed by atoms with van der Waals surface area (Å²) in [4.78, 5) is 29.2. The zero-order valence-corrected chi connectivity index (χ0v) is 26.3. The number of amides is 2. The number of para-hydroxylation sites is 1. The summed E-state index contributed by atoms with van der Waals surface area (Å²) in [6.45, 7) is 10.8. The van der Waals surface area contributed by atoms with E-state index in [9.17, 15) is 14.7 Å². The van der Waals surface area contributed by atoms with E-state index in [1.54, 1.807) is 0 Å². The molecule has 0 aromatic heterocycles. The van der Waals surface area contributed by atoms with E-state index >= 15 is 0 Å². The summed E-state index contributed by atoms with van der Waals surface area (Å²) in [6.07, 6.45) is 4.44. The van der Waals surface area contributed by atoms with Crippen molar-refractivity contribution in [2.75, 3.05) is 16.8 Å². The van der Waals surface area contributed by atoms with E-state index in [-0.39, 0.29) is 41.6 Å². The number of hydrogen-bond donors (Lipinski definition) is 2. The fraction of sp³-hybridized carbons (Fsp3) is 0.368. The number of nitrogens with zero attached hydrogens (tertiary/aromatic N) is 1. The number of nitrogens with one attached hydrogen (secondary N) is 1. The summed E-state index contributed by atoms with van der Waals surface area (Å²) >= 11 is 0. The zero-order chi connectivity index (χ0) is 31.1. The van der Waals surface area contributed by atoms with Crippen molar-refractivity contribution in [3.63, 3.8) is 0 Å². The van der Waals surface area contributed by atoms with Crippen LogP contribution in [0.1, 0.15) is 56.7 Å². The van der Waals surface area contributed by atoms with Crippen molar-refractivity contribution in [3.05, 3.63) is 100 Å². The fourth-order valence-electron chi connectivity index (χ4n) is 7.38. The van der Waals surface area contributed by atoms with Crippen molar-refractivity contribution in [3.8, 4) is 5.75 Å². The molecule has 2 amide bonds. The Morgan fingerprint density at radius 2 is 1.64 bits per heavy atom. The van der Waals surface area contributed by atoms with Crippen LogP contribution in [-0.2, 0) is 14.3 Å². The summed E-state index contributed by atoms with van der Waals surface area (Å²) in [5, 5.41) is 13.5. The van der Waals surface area contributed by atoms with Crippen molar-refractivity contribution in [1.82, 2.24) is 0 Å². The van der Waals surface area contributed by atoms with E-state index < -0.39 is 0 Å². The molecule has 228 valence electrons. The van der Waals surface area contributed by atoms with Gasteiger partial charge in [0.25, 0.3) is 0 Å². The van der Waals surface area contributed by atoms with Gasteiger partial charge in [-0.05, 0) is 117 Å². The number of fused-ring (bicyclic) bond motifs is 3. The Labute approximate surface area is 260 Å². The van der Waals surface area contributed by atoms with Gasteiger partial charge in [-0.2, -0.15) is 0 Å². The number of hydrogen-bond acceptors (Lipinski definition) is 5. The smallest absolute Gasteiger partial charge is 0.238 e. The molecule has 0 spiro atoms. The van der Waals surface area contributed by atoms with Gasteiger partial charge in [0.15, 0.2) is 0 Å². The molecule has 1 aliphatic carbocycles. The molecule has 2 fully saturated rings. The lowest BCUT2D eigenvalue weighted by Gasteiger charge is -2.33. The third kappa shape index (κ3) is 5.59. The molecule has 0 bridgehead atoms. The first-order valence-corrected chi connectivity index (χ1v) is 15.7.